The summed E-state index contributed by atoms with van der Waals surface area (Å²) in [6.07, 6.45) is 0.800. The number of benzene rings is 2. The Kier molecular flexibility index (Phi) is 5.84. The molecule has 0 atom stereocenters. The molecule has 0 radical (unpaired) electrons. The largest absolute Gasteiger partial charge is 0.469 e. The first-order chi connectivity index (χ1) is 13.4. The number of carbonyl (C=O) groups is 2. The van der Waals surface area contributed by atoms with Crippen LogP contribution in [0.2, 0.25) is 5.02 Å². The molecule has 28 heavy (non-hydrogen) atoms. The molecule has 8 heteroatoms. The molecule has 1 saturated heterocycles. The van der Waals surface area contributed by atoms with E-state index < -0.39 is 0 Å². The molecule has 1 fully saturated rings. The van der Waals surface area contributed by atoms with E-state index in [1.807, 2.05) is 6.07 Å². The van der Waals surface area contributed by atoms with Crippen LogP contribution in [0.5, 0.6) is 0 Å². The Morgan fingerprint density at radius 1 is 1.18 bits per heavy atom. The average Bonchev–Trinajstić information content (AvgIpc) is 3.07. The van der Waals surface area contributed by atoms with Crippen LogP contribution in [0.15, 0.2) is 42.5 Å². The number of amidine groups is 1. The summed E-state index contributed by atoms with van der Waals surface area (Å²) in [7, 11) is 1.36. The van der Waals surface area contributed by atoms with Crippen LogP contribution in [0.25, 0.3) is 0 Å². The Morgan fingerprint density at radius 2 is 1.86 bits per heavy atom. The minimum absolute atomic E-state index is 0.0139. The second-order valence-electron chi connectivity index (χ2n) is 6.41. The number of nitrogens with two attached hydrogens (primary N) is 1. The van der Waals surface area contributed by atoms with Gasteiger partial charge in [-0.1, -0.05) is 17.7 Å². The standard InChI is InChI=1S/C20H21ClN4O3/c1-28-18(26)9-3-13-2-8-17(16(21)12-13)25-11-10-24(20(25)27)15-6-4-14(5-7-15)19(22)23/h2,4-8,12H,3,9-11H2,1H3,(H3,22,23). The van der Waals surface area contributed by atoms with E-state index in [-0.39, 0.29) is 24.3 Å². The summed E-state index contributed by atoms with van der Waals surface area (Å²) in [5.41, 5.74) is 8.36. The van der Waals surface area contributed by atoms with Gasteiger partial charge in [0.1, 0.15) is 5.84 Å². The van der Waals surface area contributed by atoms with Crippen molar-refractivity contribution in [1.29, 1.82) is 5.41 Å². The second kappa shape index (κ2) is 8.31. The average molecular weight is 401 g/mol. The summed E-state index contributed by atoms with van der Waals surface area (Å²) >= 11 is 6.41. The second-order valence-corrected chi connectivity index (χ2v) is 6.82. The van der Waals surface area contributed by atoms with Gasteiger partial charge in [-0.05, 0) is 48.4 Å². The molecular formula is C20H21ClN4O3. The molecule has 7 nitrogen and oxygen atoms in total. The van der Waals surface area contributed by atoms with Crippen molar-refractivity contribution in [3.05, 3.63) is 58.6 Å². The van der Waals surface area contributed by atoms with Gasteiger partial charge in [0.2, 0.25) is 0 Å². The molecule has 0 bridgehead atoms. The highest BCUT2D eigenvalue weighted by atomic mass is 35.5. The molecule has 0 spiro atoms. The smallest absolute Gasteiger partial charge is 0.329 e. The van der Waals surface area contributed by atoms with Crippen molar-refractivity contribution < 1.29 is 14.3 Å². The normalized spacial score (nSPS) is 13.7. The number of halogens is 1. The van der Waals surface area contributed by atoms with Crippen LogP contribution >= 0.6 is 11.6 Å². The minimum Gasteiger partial charge on any atom is -0.469 e. The summed E-state index contributed by atoms with van der Waals surface area (Å²) in [6.45, 7) is 1.03. The van der Waals surface area contributed by atoms with Crippen molar-refractivity contribution >= 4 is 40.8 Å². The Bertz CT molecular complexity index is 914. The van der Waals surface area contributed by atoms with Crippen LogP contribution in [-0.2, 0) is 16.0 Å². The zero-order valence-electron chi connectivity index (χ0n) is 15.4. The molecule has 0 saturated carbocycles. The third-order valence-electron chi connectivity index (χ3n) is 4.65. The van der Waals surface area contributed by atoms with Gasteiger partial charge in [-0.3, -0.25) is 20.0 Å². The lowest BCUT2D eigenvalue weighted by Gasteiger charge is -2.20. The molecular weight excluding hydrogens is 380 g/mol. The molecule has 1 heterocycles. The molecule has 0 aliphatic carbocycles. The number of hydrogen-bond donors (Lipinski definition) is 2. The lowest BCUT2D eigenvalue weighted by Crippen LogP contribution is -2.31. The number of methoxy groups -OCH3 is 1. The molecule has 0 unspecified atom stereocenters. The molecule has 3 N–H and O–H groups in total. The number of ether oxygens (including phenoxy) is 1. The number of urea groups is 1. The number of nitrogen functional groups attached to an aromatic ring is 1. The van der Waals surface area contributed by atoms with Crippen molar-refractivity contribution in [2.45, 2.75) is 12.8 Å². The maximum Gasteiger partial charge on any atom is 0.329 e. The molecule has 0 aromatic heterocycles. The van der Waals surface area contributed by atoms with Crippen molar-refractivity contribution in [2.75, 3.05) is 30.0 Å². The molecule has 1 aliphatic heterocycles. The molecule has 146 valence electrons. The number of amides is 2. The predicted octanol–water partition coefficient (Wildman–Crippen LogP) is 3.18. The zero-order valence-corrected chi connectivity index (χ0v) is 16.2. The van der Waals surface area contributed by atoms with Gasteiger partial charge in [-0.25, -0.2) is 4.79 Å². The first-order valence-corrected chi connectivity index (χ1v) is 9.17. The summed E-state index contributed by atoms with van der Waals surface area (Å²) in [4.78, 5) is 27.5. The summed E-state index contributed by atoms with van der Waals surface area (Å²) < 4.78 is 4.65. The van der Waals surface area contributed by atoms with Gasteiger partial charge < -0.3 is 10.5 Å². The summed E-state index contributed by atoms with van der Waals surface area (Å²) in [6, 6.07) is 12.3. The number of nitrogens with zero attached hydrogens (tertiary/aromatic N) is 2. The van der Waals surface area contributed by atoms with E-state index in [0.29, 0.717) is 35.8 Å². The van der Waals surface area contributed by atoms with E-state index in [1.54, 1.807) is 46.2 Å². The van der Waals surface area contributed by atoms with Gasteiger partial charge >= 0.3 is 12.0 Å². The zero-order chi connectivity index (χ0) is 20.3. The number of nitrogens with one attached hydrogen (secondary N) is 1. The van der Waals surface area contributed by atoms with Crippen molar-refractivity contribution in [1.82, 2.24) is 0 Å². The molecule has 2 aromatic carbocycles. The lowest BCUT2D eigenvalue weighted by molar-refractivity contribution is -0.140. The predicted molar refractivity (Wildman–Crippen MR) is 109 cm³/mol. The SMILES string of the molecule is COC(=O)CCc1ccc(N2CCN(c3ccc(C(=N)N)cc3)C2=O)c(Cl)c1. The van der Waals surface area contributed by atoms with Crippen LogP contribution in [0, 0.1) is 5.41 Å². The number of aryl methyl sites for hydroxylation is 1. The van der Waals surface area contributed by atoms with Gasteiger partial charge in [0.05, 0.1) is 17.8 Å². The first-order valence-electron chi connectivity index (χ1n) is 8.79. The lowest BCUT2D eigenvalue weighted by atomic mass is 10.1. The number of hydrogen-bond acceptors (Lipinski definition) is 4. The van der Waals surface area contributed by atoms with Crippen LogP contribution in [0.4, 0.5) is 16.2 Å². The summed E-state index contributed by atoms with van der Waals surface area (Å²) in [5.74, 6) is -0.290. The maximum atomic E-state index is 12.9. The van der Waals surface area contributed by atoms with Crippen molar-refractivity contribution in [3.8, 4) is 0 Å². The minimum atomic E-state index is -0.277. The topological polar surface area (TPSA) is 99.7 Å². The highest BCUT2D eigenvalue weighted by Crippen LogP contribution is 2.31. The Hall–Kier alpha value is -3.06. The molecule has 2 amide bonds. The number of carbonyl (C=O) groups excluding carboxylic acids is 2. The van der Waals surface area contributed by atoms with Gasteiger partial charge in [-0.15, -0.1) is 0 Å². The van der Waals surface area contributed by atoms with Crippen molar-refractivity contribution in [3.63, 3.8) is 0 Å². The van der Waals surface area contributed by atoms with E-state index in [2.05, 4.69) is 4.74 Å². The third kappa shape index (κ3) is 4.09. The highest BCUT2D eigenvalue weighted by molar-refractivity contribution is 6.34. The number of esters is 1. The van der Waals surface area contributed by atoms with Gasteiger partial charge in [-0.2, -0.15) is 0 Å². The quantitative estimate of drug-likeness (QED) is 0.442. The van der Waals surface area contributed by atoms with E-state index in [9.17, 15) is 9.59 Å². The monoisotopic (exact) mass is 400 g/mol. The van der Waals surface area contributed by atoms with Crippen LogP contribution in [0.1, 0.15) is 17.5 Å². The fraction of sp³-hybridized carbons (Fsp3) is 0.250. The van der Waals surface area contributed by atoms with Crippen LogP contribution in [-0.4, -0.2) is 38.0 Å². The van der Waals surface area contributed by atoms with Gasteiger partial charge in [0.15, 0.2) is 0 Å². The van der Waals surface area contributed by atoms with Crippen LogP contribution in [0.3, 0.4) is 0 Å². The Labute approximate surface area is 168 Å². The fourth-order valence-corrected chi connectivity index (χ4v) is 3.40. The number of anilines is 2. The number of rotatable bonds is 6. The van der Waals surface area contributed by atoms with E-state index in [0.717, 1.165) is 11.3 Å². The summed E-state index contributed by atoms with van der Waals surface area (Å²) in [5, 5.41) is 7.92. The molecule has 3 rings (SSSR count). The van der Waals surface area contributed by atoms with E-state index in [1.165, 1.54) is 7.11 Å². The van der Waals surface area contributed by atoms with Gasteiger partial charge in [0, 0.05) is 30.8 Å². The third-order valence-corrected chi connectivity index (χ3v) is 4.95. The Balaban J connectivity index is 1.73. The first kappa shape index (κ1) is 19.7. The Morgan fingerprint density at radius 3 is 2.46 bits per heavy atom. The molecule has 1 aliphatic rings. The molecule has 2 aromatic rings. The van der Waals surface area contributed by atoms with Crippen LogP contribution < -0.4 is 15.5 Å². The van der Waals surface area contributed by atoms with Crippen molar-refractivity contribution in [2.24, 2.45) is 5.73 Å². The maximum absolute atomic E-state index is 12.9. The fourth-order valence-electron chi connectivity index (χ4n) is 3.09. The van der Waals surface area contributed by atoms with E-state index in [4.69, 9.17) is 22.7 Å². The highest BCUT2D eigenvalue weighted by Gasteiger charge is 2.31. The van der Waals surface area contributed by atoms with E-state index >= 15 is 0 Å². The van der Waals surface area contributed by atoms with Gasteiger partial charge in [0.25, 0.3) is 0 Å².